The second-order valence-electron chi connectivity index (χ2n) is 9.07. The quantitative estimate of drug-likeness (QED) is 0.302. The Morgan fingerprint density at radius 1 is 1.18 bits per heavy atom. The summed E-state index contributed by atoms with van der Waals surface area (Å²) >= 11 is 8.28. The van der Waals surface area contributed by atoms with Gasteiger partial charge in [-0.3, -0.25) is 0 Å². The molecule has 0 radical (unpaired) electrons. The number of halogens is 2. The first-order valence-electron chi connectivity index (χ1n) is 11.3. The van der Waals surface area contributed by atoms with Crippen LogP contribution in [0.3, 0.4) is 0 Å². The lowest BCUT2D eigenvalue weighted by Crippen LogP contribution is -2.13. The van der Waals surface area contributed by atoms with Gasteiger partial charge in [-0.05, 0) is 73.9 Å². The molecule has 1 aliphatic rings. The molecular weight excluding hydrogens is 453 g/mol. The maximum atomic E-state index is 14.5. The summed E-state index contributed by atoms with van der Waals surface area (Å²) in [7, 11) is 1.64. The zero-order valence-corrected chi connectivity index (χ0v) is 21.1. The van der Waals surface area contributed by atoms with Crippen LogP contribution < -0.4 is 4.74 Å². The van der Waals surface area contributed by atoms with Crippen molar-refractivity contribution in [3.8, 4) is 29.4 Å². The van der Waals surface area contributed by atoms with Crippen LogP contribution in [0.2, 0.25) is 5.02 Å². The smallest absolute Gasteiger partial charge is 0.126 e. The van der Waals surface area contributed by atoms with E-state index in [1.165, 1.54) is 12.8 Å². The molecule has 0 saturated heterocycles. The lowest BCUT2D eigenvalue weighted by molar-refractivity contribution is 0.412. The van der Waals surface area contributed by atoms with E-state index in [0.29, 0.717) is 22.9 Å². The van der Waals surface area contributed by atoms with Gasteiger partial charge in [0.25, 0.3) is 0 Å². The topological polar surface area (TPSA) is 22.1 Å². The van der Waals surface area contributed by atoms with Gasteiger partial charge in [0.05, 0.1) is 22.8 Å². The number of hydrogen-bond acceptors (Lipinski definition) is 3. The third-order valence-corrected chi connectivity index (χ3v) is 8.02. The third-order valence-electron chi connectivity index (χ3n) is 6.60. The summed E-state index contributed by atoms with van der Waals surface area (Å²) < 4.78 is 19.9. The molecule has 172 valence electrons. The van der Waals surface area contributed by atoms with Gasteiger partial charge in [-0.25, -0.2) is 9.37 Å². The highest BCUT2D eigenvalue weighted by atomic mass is 35.5. The Balaban J connectivity index is 1.76. The molecule has 33 heavy (non-hydrogen) atoms. The van der Waals surface area contributed by atoms with Crippen molar-refractivity contribution in [2.24, 2.45) is 5.92 Å². The highest BCUT2D eigenvalue weighted by molar-refractivity contribution is 7.12. The van der Waals surface area contributed by atoms with E-state index < -0.39 is 0 Å². The van der Waals surface area contributed by atoms with Gasteiger partial charge in [-0.1, -0.05) is 36.6 Å². The van der Waals surface area contributed by atoms with Gasteiger partial charge in [0.1, 0.15) is 11.6 Å². The van der Waals surface area contributed by atoms with Gasteiger partial charge in [0.2, 0.25) is 0 Å². The van der Waals surface area contributed by atoms with Crippen LogP contribution in [-0.4, -0.2) is 12.1 Å². The monoisotopic (exact) mass is 481 g/mol. The van der Waals surface area contributed by atoms with Crippen molar-refractivity contribution in [3.63, 3.8) is 0 Å². The number of benzene rings is 2. The van der Waals surface area contributed by atoms with E-state index in [-0.39, 0.29) is 17.7 Å². The number of hydrogen-bond donors (Lipinski definition) is 0. The SMILES string of the molecule is C#CCC(c1nc(-c2cc(C)c(OC)cc2Cl)c(C)s1)[C@@H](CC1CC1)c1ccc(C)c(F)c1. The van der Waals surface area contributed by atoms with Crippen molar-refractivity contribution in [1.82, 2.24) is 4.98 Å². The summed E-state index contributed by atoms with van der Waals surface area (Å²) in [5.41, 5.74) is 4.46. The van der Waals surface area contributed by atoms with Gasteiger partial charge >= 0.3 is 0 Å². The molecule has 2 nitrogen and oxygen atoms in total. The van der Waals surface area contributed by atoms with Gasteiger partial charge in [0.15, 0.2) is 0 Å². The number of rotatable bonds is 8. The Morgan fingerprint density at radius 2 is 1.94 bits per heavy atom. The van der Waals surface area contributed by atoms with Gasteiger partial charge < -0.3 is 4.74 Å². The Kier molecular flexibility index (Phi) is 7.12. The molecule has 1 unspecified atom stereocenters. The summed E-state index contributed by atoms with van der Waals surface area (Å²) in [6.07, 6.45) is 9.87. The number of aromatic nitrogens is 1. The van der Waals surface area contributed by atoms with Crippen molar-refractivity contribution >= 4 is 22.9 Å². The zero-order valence-electron chi connectivity index (χ0n) is 19.5. The molecule has 0 bridgehead atoms. The second kappa shape index (κ2) is 9.87. The van der Waals surface area contributed by atoms with E-state index in [2.05, 4.69) is 18.9 Å². The highest BCUT2D eigenvalue weighted by Gasteiger charge is 2.34. The first-order chi connectivity index (χ1) is 15.8. The summed E-state index contributed by atoms with van der Waals surface area (Å²) in [5.74, 6) is 4.31. The summed E-state index contributed by atoms with van der Waals surface area (Å²) in [5, 5.41) is 1.61. The number of thiazole rings is 1. The minimum atomic E-state index is -0.163. The van der Waals surface area contributed by atoms with Crippen molar-refractivity contribution < 1.29 is 9.13 Å². The molecule has 2 atom stereocenters. The van der Waals surface area contributed by atoms with Crippen molar-refractivity contribution in [2.75, 3.05) is 7.11 Å². The molecule has 2 aromatic carbocycles. The molecule has 1 heterocycles. The summed E-state index contributed by atoms with van der Waals surface area (Å²) in [4.78, 5) is 6.17. The maximum absolute atomic E-state index is 14.5. The van der Waals surface area contributed by atoms with Gasteiger partial charge in [0, 0.05) is 22.8 Å². The fraction of sp³-hybridized carbons (Fsp3) is 0.393. The number of aryl methyl sites for hydroxylation is 3. The van der Waals surface area contributed by atoms with Crippen molar-refractivity contribution in [2.45, 2.75) is 58.3 Å². The van der Waals surface area contributed by atoms with Crippen LogP contribution in [0.4, 0.5) is 4.39 Å². The molecule has 1 fully saturated rings. The minimum Gasteiger partial charge on any atom is -0.496 e. The first kappa shape index (κ1) is 23.8. The third kappa shape index (κ3) is 5.10. The van der Waals surface area contributed by atoms with Crippen LogP contribution >= 0.6 is 22.9 Å². The number of nitrogens with zero attached hydrogens (tertiary/aromatic N) is 1. The number of terminal acetylenes is 1. The Morgan fingerprint density at radius 3 is 2.58 bits per heavy atom. The molecule has 1 saturated carbocycles. The molecule has 0 N–H and O–H groups in total. The minimum absolute atomic E-state index is 0.0354. The van der Waals surface area contributed by atoms with Gasteiger partial charge in [-0.15, -0.1) is 23.7 Å². The summed E-state index contributed by atoms with van der Waals surface area (Å²) in [6, 6.07) is 9.49. The van der Waals surface area contributed by atoms with Crippen LogP contribution in [0.25, 0.3) is 11.3 Å². The fourth-order valence-electron chi connectivity index (χ4n) is 4.50. The molecule has 1 aromatic heterocycles. The summed E-state index contributed by atoms with van der Waals surface area (Å²) in [6.45, 7) is 5.87. The van der Waals surface area contributed by atoms with E-state index in [0.717, 1.165) is 44.4 Å². The van der Waals surface area contributed by atoms with Crippen LogP contribution in [0.5, 0.6) is 5.75 Å². The van der Waals surface area contributed by atoms with Crippen LogP contribution in [0.1, 0.15) is 64.1 Å². The average molecular weight is 482 g/mol. The maximum Gasteiger partial charge on any atom is 0.126 e. The standard InChI is InChI=1S/C28H29ClFNOS/c1-6-7-21(22(13-19-9-10-19)20-11-8-16(2)25(30)14-20)28-31-27(18(4)33-28)23-12-17(3)26(32-5)15-24(23)29/h1,8,11-12,14-15,19,21-22H,7,9-10,13H2,2-5H3/t21?,22-/m0/s1. The molecule has 0 spiro atoms. The molecule has 0 aliphatic heterocycles. The van der Waals surface area contributed by atoms with E-state index >= 15 is 0 Å². The normalized spacial score (nSPS) is 15.2. The van der Waals surface area contributed by atoms with Crippen molar-refractivity contribution in [3.05, 3.63) is 67.7 Å². The van der Waals surface area contributed by atoms with Crippen LogP contribution in [0.15, 0.2) is 30.3 Å². The predicted octanol–water partition coefficient (Wildman–Crippen LogP) is 8.23. The van der Waals surface area contributed by atoms with Crippen molar-refractivity contribution in [1.29, 1.82) is 0 Å². The molecular formula is C28H29ClFNOS. The van der Waals surface area contributed by atoms with E-state index in [1.807, 2.05) is 25.1 Å². The lowest BCUT2D eigenvalue weighted by atomic mass is 9.80. The zero-order chi connectivity index (χ0) is 23.7. The van der Waals surface area contributed by atoms with E-state index in [4.69, 9.17) is 27.7 Å². The Labute approximate surface area is 205 Å². The molecule has 4 rings (SSSR count). The van der Waals surface area contributed by atoms with Gasteiger partial charge in [-0.2, -0.15) is 0 Å². The molecule has 5 heteroatoms. The molecule has 1 aliphatic carbocycles. The first-order valence-corrected chi connectivity index (χ1v) is 12.5. The average Bonchev–Trinajstić information content (AvgIpc) is 3.53. The lowest BCUT2D eigenvalue weighted by Gasteiger charge is -2.25. The number of ether oxygens (including phenoxy) is 1. The Bertz CT molecular complexity index is 1210. The fourth-order valence-corrected chi connectivity index (χ4v) is 5.85. The highest BCUT2D eigenvalue weighted by Crippen LogP contribution is 2.48. The molecule has 0 amide bonds. The van der Waals surface area contributed by atoms with E-state index in [1.54, 1.807) is 31.4 Å². The largest absolute Gasteiger partial charge is 0.496 e. The Hall–Kier alpha value is -2.35. The second-order valence-corrected chi connectivity index (χ2v) is 10.7. The number of methoxy groups -OCH3 is 1. The van der Waals surface area contributed by atoms with Crippen LogP contribution in [-0.2, 0) is 0 Å². The van der Waals surface area contributed by atoms with Crippen LogP contribution in [0, 0.1) is 44.9 Å². The van der Waals surface area contributed by atoms with E-state index in [9.17, 15) is 4.39 Å². The predicted molar refractivity (Wildman–Crippen MR) is 136 cm³/mol. The molecule has 3 aromatic rings.